The van der Waals surface area contributed by atoms with Gasteiger partial charge in [0.15, 0.2) is 5.16 Å². The summed E-state index contributed by atoms with van der Waals surface area (Å²) in [5, 5.41) is 0.263. The smallest absolute Gasteiger partial charge is 0.336 e. The van der Waals surface area contributed by atoms with Crippen molar-refractivity contribution < 1.29 is 22.4 Å². The van der Waals surface area contributed by atoms with Gasteiger partial charge in [0, 0.05) is 42.4 Å². The second kappa shape index (κ2) is 10.7. The van der Waals surface area contributed by atoms with Gasteiger partial charge in [-0.05, 0) is 59.7 Å². The lowest BCUT2D eigenvalue weighted by Crippen LogP contribution is -2.28. The highest BCUT2D eigenvalue weighted by Gasteiger charge is 2.33. The standard InChI is InChI=1S/C25H19ClF4N4OS/c1-33(14-16-8-10-31-11-9-16)23(35)22-13-32-24(34(22)20-6-4-19(27)5-7-20)36-15-17-2-3-18(26)12-21(17)25(28,29)30/h2-13H,14-15H2,1H3. The van der Waals surface area contributed by atoms with E-state index < -0.39 is 17.6 Å². The number of hydrogen-bond donors (Lipinski definition) is 0. The lowest BCUT2D eigenvalue weighted by Gasteiger charge is -2.19. The number of imidazole rings is 1. The number of aromatic nitrogens is 3. The number of alkyl halides is 3. The SMILES string of the molecule is CN(Cc1ccncc1)C(=O)c1cnc(SCc2ccc(Cl)cc2C(F)(F)F)n1-c1ccc(F)cc1. The van der Waals surface area contributed by atoms with Crippen LogP contribution in [0.2, 0.25) is 5.02 Å². The van der Waals surface area contributed by atoms with Crippen molar-refractivity contribution in [1.29, 1.82) is 0 Å². The van der Waals surface area contributed by atoms with Crippen LogP contribution in [0.3, 0.4) is 0 Å². The zero-order valence-electron chi connectivity index (χ0n) is 18.8. The first-order chi connectivity index (χ1) is 17.1. The predicted octanol–water partition coefficient (Wildman–Crippen LogP) is 6.64. The molecule has 4 rings (SSSR count). The highest BCUT2D eigenvalue weighted by molar-refractivity contribution is 7.98. The van der Waals surface area contributed by atoms with E-state index in [1.165, 1.54) is 52.1 Å². The van der Waals surface area contributed by atoms with E-state index in [1.807, 2.05) is 0 Å². The Kier molecular flexibility index (Phi) is 7.65. The fourth-order valence-electron chi connectivity index (χ4n) is 3.54. The van der Waals surface area contributed by atoms with Crippen molar-refractivity contribution in [1.82, 2.24) is 19.4 Å². The number of pyridine rings is 1. The maximum Gasteiger partial charge on any atom is 0.416 e. The molecule has 186 valence electrons. The Morgan fingerprint density at radius 1 is 1.08 bits per heavy atom. The van der Waals surface area contributed by atoms with Gasteiger partial charge in [-0.25, -0.2) is 9.37 Å². The first-order valence-corrected chi connectivity index (χ1v) is 12.0. The molecule has 0 spiro atoms. The first kappa shape index (κ1) is 25.7. The number of amides is 1. The van der Waals surface area contributed by atoms with Crippen LogP contribution in [0.4, 0.5) is 17.6 Å². The summed E-state index contributed by atoms with van der Waals surface area (Å²) in [6.07, 6.45) is 0.0296. The molecule has 0 atom stereocenters. The Labute approximate surface area is 213 Å². The maximum absolute atomic E-state index is 13.6. The quantitative estimate of drug-likeness (QED) is 0.197. The Morgan fingerprint density at radius 3 is 2.44 bits per heavy atom. The van der Waals surface area contributed by atoms with E-state index in [1.54, 1.807) is 31.6 Å². The number of carbonyl (C=O) groups excluding carboxylic acids is 1. The minimum atomic E-state index is -4.58. The van der Waals surface area contributed by atoms with Crippen LogP contribution in [0.1, 0.15) is 27.2 Å². The Hall–Kier alpha value is -3.37. The molecule has 0 bridgehead atoms. The molecule has 0 aliphatic heterocycles. The largest absolute Gasteiger partial charge is 0.416 e. The topological polar surface area (TPSA) is 51.0 Å². The van der Waals surface area contributed by atoms with Crippen LogP contribution in [-0.2, 0) is 18.5 Å². The summed E-state index contributed by atoms with van der Waals surface area (Å²) < 4.78 is 55.7. The maximum atomic E-state index is 13.6. The summed E-state index contributed by atoms with van der Waals surface area (Å²) >= 11 is 6.81. The Balaban J connectivity index is 1.67. The third kappa shape index (κ3) is 5.88. The normalized spacial score (nSPS) is 11.5. The van der Waals surface area contributed by atoms with E-state index in [4.69, 9.17) is 11.6 Å². The summed E-state index contributed by atoms with van der Waals surface area (Å²) in [6, 6.07) is 12.6. The Bertz CT molecular complexity index is 1360. The van der Waals surface area contributed by atoms with Crippen molar-refractivity contribution >= 4 is 29.3 Å². The third-order valence-electron chi connectivity index (χ3n) is 5.28. The van der Waals surface area contributed by atoms with Gasteiger partial charge in [0.2, 0.25) is 0 Å². The molecule has 5 nitrogen and oxygen atoms in total. The van der Waals surface area contributed by atoms with Gasteiger partial charge in [-0.2, -0.15) is 13.2 Å². The molecular weight excluding hydrogens is 516 g/mol. The molecule has 0 radical (unpaired) electrons. The fraction of sp³-hybridized carbons (Fsp3) is 0.160. The highest BCUT2D eigenvalue weighted by Crippen LogP contribution is 2.37. The molecule has 0 aliphatic rings. The monoisotopic (exact) mass is 534 g/mol. The molecule has 36 heavy (non-hydrogen) atoms. The van der Waals surface area contributed by atoms with E-state index in [2.05, 4.69) is 9.97 Å². The second-order valence-electron chi connectivity index (χ2n) is 7.84. The molecule has 0 saturated heterocycles. The van der Waals surface area contributed by atoms with Crippen LogP contribution in [0, 0.1) is 5.82 Å². The number of nitrogens with zero attached hydrogens (tertiary/aromatic N) is 4. The molecule has 11 heteroatoms. The Morgan fingerprint density at radius 2 is 1.78 bits per heavy atom. The van der Waals surface area contributed by atoms with Crippen molar-refractivity contribution in [3.8, 4) is 5.69 Å². The number of rotatable bonds is 7. The molecular formula is C25H19ClF4N4OS. The number of halogens is 5. The molecule has 0 unspecified atom stereocenters. The van der Waals surface area contributed by atoms with E-state index in [9.17, 15) is 22.4 Å². The van der Waals surface area contributed by atoms with Crippen LogP contribution in [0.5, 0.6) is 0 Å². The number of carbonyl (C=O) groups is 1. The minimum absolute atomic E-state index is 0.0194. The fourth-order valence-corrected chi connectivity index (χ4v) is 4.71. The van der Waals surface area contributed by atoms with Gasteiger partial charge in [0.25, 0.3) is 5.91 Å². The highest BCUT2D eigenvalue weighted by atomic mass is 35.5. The van der Waals surface area contributed by atoms with Gasteiger partial charge in [-0.1, -0.05) is 29.4 Å². The van der Waals surface area contributed by atoms with Crippen LogP contribution >= 0.6 is 23.4 Å². The minimum Gasteiger partial charge on any atom is -0.336 e. The summed E-state index contributed by atoms with van der Waals surface area (Å²) in [5.41, 5.74) is 0.687. The zero-order chi connectivity index (χ0) is 25.9. The van der Waals surface area contributed by atoms with Crippen molar-refractivity contribution in [2.75, 3.05) is 7.05 Å². The van der Waals surface area contributed by atoms with Crippen LogP contribution < -0.4 is 0 Å². The van der Waals surface area contributed by atoms with Crippen LogP contribution in [-0.4, -0.2) is 32.4 Å². The van der Waals surface area contributed by atoms with E-state index in [-0.39, 0.29) is 33.1 Å². The van der Waals surface area contributed by atoms with E-state index >= 15 is 0 Å². The third-order valence-corrected chi connectivity index (χ3v) is 6.52. The van der Waals surface area contributed by atoms with Crippen molar-refractivity contribution in [3.63, 3.8) is 0 Å². The molecule has 2 aromatic heterocycles. The van der Waals surface area contributed by atoms with Gasteiger partial charge in [-0.15, -0.1) is 0 Å². The molecule has 4 aromatic rings. The second-order valence-corrected chi connectivity index (χ2v) is 9.22. The first-order valence-electron chi connectivity index (χ1n) is 10.6. The van der Waals surface area contributed by atoms with Gasteiger partial charge in [0.1, 0.15) is 11.5 Å². The average Bonchev–Trinajstić information content (AvgIpc) is 3.27. The number of thioether (sulfide) groups is 1. The van der Waals surface area contributed by atoms with Gasteiger partial charge < -0.3 is 4.90 Å². The average molecular weight is 535 g/mol. The van der Waals surface area contributed by atoms with E-state index in [0.29, 0.717) is 12.2 Å². The lowest BCUT2D eigenvalue weighted by molar-refractivity contribution is -0.138. The zero-order valence-corrected chi connectivity index (χ0v) is 20.4. The molecule has 2 heterocycles. The summed E-state index contributed by atoms with van der Waals surface area (Å²) in [7, 11) is 1.63. The van der Waals surface area contributed by atoms with Crippen LogP contribution in [0.15, 0.2) is 78.3 Å². The van der Waals surface area contributed by atoms with Crippen molar-refractivity contribution in [3.05, 3.63) is 106 Å². The van der Waals surface area contributed by atoms with Crippen molar-refractivity contribution in [2.45, 2.75) is 23.6 Å². The molecule has 1 amide bonds. The van der Waals surface area contributed by atoms with Gasteiger partial charge in [-0.3, -0.25) is 14.3 Å². The number of hydrogen-bond acceptors (Lipinski definition) is 4. The molecule has 0 N–H and O–H groups in total. The molecule has 0 aliphatic carbocycles. The molecule has 2 aromatic carbocycles. The molecule has 0 fully saturated rings. The van der Waals surface area contributed by atoms with Gasteiger partial charge in [0.05, 0.1) is 11.8 Å². The summed E-state index contributed by atoms with van der Waals surface area (Å²) in [6.45, 7) is 0.304. The summed E-state index contributed by atoms with van der Waals surface area (Å²) in [5.74, 6) is -0.908. The van der Waals surface area contributed by atoms with E-state index in [0.717, 1.165) is 23.4 Å². The number of benzene rings is 2. The van der Waals surface area contributed by atoms with Gasteiger partial charge >= 0.3 is 6.18 Å². The van der Waals surface area contributed by atoms with Crippen molar-refractivity contribution in [2.24, 2.45) is 0 Å². The summed E-state index contributed by atoms with van der Waals surface area (Å²) in [4.78, 5) is 23.1. The predicted molar refractivity (Wildman–Crippen MR) is 130 cm³/mol. The lowest BCUT2D eigenvalue weighted by atomic mass is 10.1. The van der Waals surface area contributed by atoms with Crippen LogP contribution in [0.25, 0.3) is 5.69 Å². The molecule has 0 saturated carbocycles.